The second-order valence-corrected chi connectivity index (χ2v) is 5.44. The average Bonchev–Trinajstić information content (AvgIpc) is 2.46. The van der Waals surface area contributed by atoms with Crippen LogP contribution in [-0.4, -0.2) is 18.5 Å². The van der Waals surface area contributed by atoms with Crippen LogP contribution in [0.1, 0.15) is 54.5 Å². The van der Waals surface area contributed by atoms with Crippen molar-refractivity contribution in [2.75, 3.05) is 6.79 Å². The largest absolute Gasteiger partial charge is 0.457 e. The number of ether oxygens (including phenoxy) is 2. The average molecular weight is 322 g/mol. The smallest absolute Gasteiger partial charge is 0.314 e. The van der Waals surface area contributed by atoms with Gasteiger partial charge in [-0.25, -0.2) is 0 Å². The summed E-state index contributed by atoms with van der Waals surface area (Å²) in [7, 11) is 0. The van der Waals surface area contributed by atoms with Gasteiger partial charge in [-0.2, -0.15) is 0 Å². The van der Waals surface area contributed by atoms with Gasteiger partial charge in [-0.05, 0) is 51.0 Å². The van der Waals surface area contributed by atoms with Gasteiger partial charge in [-0.15, -0.1) is 0 Å². The molecule has 0 radical (unpaired) electrons. The normalized spacial score (nSPS) is 10.4. The first-order valence-corrected chi connectivity index (χ1v) is 6.94. The Morgan fingerprint density at radius 1 is 1.13 bits per heavy atom. The molecule has 0 aliphatic rings. The van der Waals surface area contributed by atoms with Crippen molar-refractivity contribution in [1.82, 2.24) is 0 Å². The molecule has 0 bridgehead atoms. The van der Waals surface area contributed by atoms with Gasteiger partial charge < -0.3 is 9.47 Å². The fourth-order valence-corrected chi connectivity index (χ4v) is 1.38. The Morgan fingerprint density at radius 2 is 1.70 bits per heavy atom. The van der Waals surface area contributed by atoms with E-state index in [9.17, 15) is 9.59 Å². The second-order valence-electron chi connectivity index (χ2n) is 5.44. The monoisotopic (exact) mass is 322 g/mol. The molecule has 0 heterocycles. The van der Waals surface area contributed by atoms with E-state index in [2.05, 4.69) is 0 Å². The standard InChI is InChI=1S/C17H22O4.2CH4/c1-5-17(3,4)16(19)21-12-20-15-10-8-14(9-11-15)7-6-13(2)18;;/h6-11H,5,12H2,1-4H3;2*1H4/b7-6+;;. The summed E-state index contributed by atoms with van der Waals surface area (Å²) in [4.78, 5) is 22.6. The number of benzene rings is 1. The summed E-state index contributed by atoms with van der Waals surface area (Å²) < 4.78 is 10.5. The van der Waals surface area contributed by atoms with E-state index >= 15 is 0 Å². The Morgan fingerprint density at radius 3 is 2.17 bits per heavy atom. The summed E-state index contributed by atoms with van der Waals surface area (Å²) in [6, 6.07) is 7.18. The highest BCUT2D eigenvalue weighted by molar-refractivity contribution is 5.91. The van der Waals surface area contributed by atoms with Gasteiger partial charge in [0.25, 0.3) is 0 Å². The van der Waals surface area contributed by atoms with Gasteiger partial charge in [-0.3, -0.25) is 9.59 Å². The van der Waals surface area contributed by atoms with E-state index in [-0.39, 0.29) is 33.4 Å². The molecule has 23 heavy (non-hydrogen) atoms. The maximum atomic E-state index is 11.7. The molecule has 0 saturated carbocycles. The van der Waals surface area contributed by atoms with Crippen molar-refractivity contribution in [3.63, 3.8) is 0 Å². The minimum atomic E-state index is -0.495. The molecule has 0 atom stereocenters. The Kier molecular flexibility index (Phi) is 10.7. The minimum Gasteiger partial charge on any atom is -0.457 e. The molecule has 1 rings (SSSR count). The molecule has 0 spiro atoms. The van der Waals surface area contributed by atoms with Gasteiger partial charge in [-0.1, -0.05) is 40.0 Å². The number of hydrogen-bond acceptors (Lipinski definition) is 4. The van der Waals surface area contributed by atoms with E-state index in [4.69, 9.17) is 9.47 Å². The number of carbonyl (C=O) groups excluding carboxylic acids is 2. The Bertz CT molecular complexity index is 513. The van der Waals surface area contributed by atoms with E-state index < -0.39 is 5.41 Å². The number of hydrogen-bond donors (Lipinski definition) is 0. The van der Waals surface area contributed by atoms with Crippen LogP contribution in [0.2, 0.25) is 0 Å². The van der Waals surface area contributed by atoms with Crippen molar-refractivity contribution >= 4 is 17.8 Å². The van der Waals surface area contributed by atoms with Gasteiger partial charge in [0.15, 0.2) is 5.78 Å². The molecule has 0 amide bonds. The summed E-state index contributed by atoms with van der Waals surface area (Å²) in [6.07, 6.45) is 3.95. The van der Waals surface area contributed by atoms with E-state index in [1.54, 1.807) is 18.2 Å². The Balaban J connectivity index is 0. The second kappa shape index (κ2) is 10.6. The topological polar surface area (TPSA) is 52.6 Å². The molecule has 4 heteroatoms. The van der Waals surface area contributed by atoms with Crippen LogP contribution < -0.4 is 4.74 Å². The fraction of sp³-hybridized carbons (Fsp3) is 0.474. The summed E-state index contributed by atoms with van der Waals surface area (Å²) in [6.45, 7) is 7.01. The SMILES string of the molecule is C.C.CCC(C)(C)C(=O)OCOc1ccc(/C=C/C(C)=O)cc1. The molecule has 130 valence electrons. The predicted molar refractivity (Wildman–Crippen MR) is 95.3 cm³/mol. The summed E-state index contributed by atoms with van der Waals surface area (Å²) >= 11 is 0. The van der Waals surface area contributed by atoms with Gasteiger partial charge in [0.1, 0.15) is 5.75 Å². The van der Waals surface area contributed by atoms with Crippen LogP contribution in [-0.2, 0) is 14.3 Å². The third-order valence-electron chi connectivity index (χ3n) is 3.24. The van der Waals surface area contributed by atoms with E-state index in [0.29, 0.717) is 12.2 Å². The maximum Gasteiger partial charge on any atom is 0.314 e. The highest BCUT2D eigenvalue weighted by Gasteiger charge is 2.27. The lowest BCUT2D eigenvalue weighted by Gasteiger charge is -2.20. The highest BCUT2D eigenvalue weighted by Crippen LogP contribution is 2.21. The molecule has 0 N–H and O–H groups in total. The van der Waals surface area contributed by atoms with Crippen molar-refractivity contribution in [1.29, 1.82) is 0 Å². The Hall–Kier alpha value is -2.10. The van der Waals surface area contributed by atoms with Crippen LogP contribution in [0, 0.1) is 5.41 Å². The highest BCUT2D eigenvalue weighted by atomic mass is 16.7. The molecule has 0 unspecified atom stereocenters. The summed E-state index contributed by atoms with van der Waals surface area (Å²) in [5.41, 5.74) is 0.409. The van der Waals surface area contributed by atoms with E-state index in [1.165, 1.54) is 13.0 Å². The molecule has 1 aromatic carbocycles. The molecule has 1 aromatic rings. The third kappa shape index (κ3) is 8.19. The molecule has 0 aromatic heterocycles. The molecule has 0 saturated heterocycles. The van der Waals surface area contributed by atoms with Crippen molar-refractivity contribution in [3.8, 4) is 5.75 Å². The van der Waals surface area contributed by atoms with Gasteiger partial charge in [0.2, 0.25) is 6.79 Å². The molecule has 0 aliphatic heterocycles. The molecule has 4 nitrogen and oxygen atoms in total. The first-order chi connectivity index (χ1) is 9.85. The van der Waals surface area contributed by atoms with Crippen LogP contribution in [0.25, 0.3) is 6.08 Å². The summed E-state index contributed by atoms with van der Waals surface area (Å²) in [5, 5.41) is 0. The Labute approximate surface area is 140 Å². The number of carbonyl (C=O) groups is 2. The lowest BCUT2D eigenvalue weighted by atomic mass is 9.91. The van der Waals surface area contributed by atoms with Crippen molar-refractivity contribution in [3.05, 3.63) is 35.9 Å². The number of rotatable bonds is 7. The first-order valence-electron chi connectivity index (χ1n) is 6.94. The molecule has 0 aliphatic carbocycles. The zero-order valence-electron chi connectivity index (χ0n) is 13.0. The van der Waals surface area contributed by atoms with Crippen LogP contribution >= 0.6 is 0 Å². The molecular formula is C19H30O4. The lowest BCUT2D eigenvalue weighted by Crippen LogP contribution is -2.27. The number of esters is 1. The van der Waals surface area contributed by atoms with Gasteiger partial charge >= 0.3 is 5.97 Å². The van der Waals surface area contributed by atoms with Crippen molar-refractivity contribution in [2.24, 2.45) is 5.41 Å². The molecular weight excluding hydrogens is 292 g/mol. The van der Waals surface area contributed by atoms with Gasteiger partial charge in [0, 0.05) is 0 Å². The number of ketones is 1. The molecule has 0 fully saturated rings. The maximum absolute atomic E-state index is 11.7. The van der Waals surface area contributed by atoms with Crippen LogP contribution in [0.3, 0.4) is 0 Å². The van der Waals surface area contributed by atoms with Crippen molar-refractivity contribution in [2.45, 2.75) is 49.0 Å². The predicted octanol–water partition coefficient (Wildman–Crippen LogP) is 4.88. The van der Waals surface area contributed by atoms with E-state index in [0.717, 1.165) is 5.56 Å². The minimum absolute atomic E-state index is 0. The van der Waals surface area contributed by atoms with E-state index in [1.807, 2.05) is 32.9 Å². The van der Waals surface area contributed by atoms with Crippen molar-refractivity contribution < 1.29 is 19.1 Å². The zero-order chi connectivity index (χ0) is 15.9. The van der Waals surface area contributed by atoms with Gasteiger partial charge in [0.05, 0.1) is 5.41 Å². The van der Waals surface area contributed by atoms with Crippen LogP contribution in [0.4, 0.5) is 0 Å². The lowest BCUT2D eigenvalue weighted by molar-refractivity contribution is -0.160. The quantitative estimate of drug-likeness (QED) is 0.408. The first kappa shape index (κ1) is 23.2. The zero-order valence-corrected chi connectivity index (χ0v) is 13.0. The fourth-order valence-electron chi connectivity index (χ4n) is 1.38. The number of allylic oxidation sites excluding steroid dienone is 1. The summed E-state index contributed by atoms with van der Waals surface area (Å²) in [5.74, 6) is 0.337. The third-order valence-corrected chi connectivity index (χ3v) is 3.24. The van der Waals surface area contributed by atoms with Crippen LogP contribution in [0.15, 0.2) is 30.3 Å². The van der Waals surface area contributed by atoms with Crippen LogP contribution in [0.5, 0.6) is 5.75 Å².